The zero-order valence-corrected chi connectivity index (χ0v) is 8.37. The predicted octanol–water partition coefficient (Wildman–Crippen LogP) is 1.65. The number of hydrogen-bond acceptors (Lipinski definition) is 3. The Morgan fingerprint density at radius 1 is 1.57 bits per heavy atom. The monoisotopic (exact) mass is 198 g/mol. The van der Waals surface area contributed by atoms with Crippen molar-refractivity contribution in [3.63, 3.8) is 0 Å². The van der Waals surface area contributed by atoms with Gasteiger partial charge in [0.25, 0.3) is 0 Å². The Morgan fingerprint density at radius 2 is 2.29 bits per heavy atom. The van der Waals surface area contributed by atoms with Gasteiger partial charge in [-0.3, -0.25) is 0 Å². The van der Waals surface area contributed by atoms with E-state index in [4.69, 9.17) is 0 Å². The Bertz CT molecular complexity index is 291. The Balaban J connectivity index is 2.50. The highest BCUT2D eigenvalue weighted by molar-refractivity contribution is 5.35. The van der Waals surface area contributed by atoms with Crippen molar-refractivity contribution in [1.82, 2.24) is 4.98 Å². The Morgan fingerprint density at radius 3 is 2.86 bits per heavy atom. The standard InChI is InChI=1S/C10H15FN2O/c1-7(2)9(14)6-13-10-8(11)4-3-5-12-10/h3-5,7,9,14H,6H2,1-2H3,(H,12,13). The summed E-state index contributed by atoms with van der Waals surface area (Å²) >= 11 is 0. The molecule has 1 heterocycles. The van der Waals surface area contributed by atoms with Crippen LogP contribution < -0.4 is 5.32 Å². The van der Waals surface area contributed by atoms with Gasteiger partial charge in [0.05, 0.1) is 6.10 Å². The molecule has 1 aromatic heterocycles. The number of aliphatic hydroxyl groups excluding tert-OH is 1. The van der Waals surface area contributed by atoms with E-state index in [0.717, 1.165) is 0 Å². The lowest BCUT2D eigenvalue weighted by Crippen LogP contribution is -2.25. The largest absolute Gasteiger partial charge is 0.391 e. The lowest BCUT2D eigenvalue weighted by molar-refractivity contribution is 0.137. The van der Waals surface area contributed by atoms with Crippen molar-refractivity contribution in [2.45, 2.75) is 20.0 Å². The van der Waals surface area contributed by atoms with E-state index in [2.05, 4.69) is 10.3 Å². The van der Waals surface area contributed by atoms with E-state index in [-0.39, 0.29) is 11.7 Å². The summed E-state index contributed by atoms with van der Waals surface area (Å²) in [5.74, 6) is -0.0649. The molecule has 0 spiro atoms. The lowest BCUT2D eigenvalue weighted by atomic mass is 10.1. The molecule has 0 saturated carbocycles. The summed E-state index contributed by atoms with van der Waals surface area (Å²) in [5.41, 5.74) is 0. The van der Waals surface area contributed by atoms with Crippen LogP contribution in [0, 0.1) is 11.7 Å². The highest BCUT2D eigenvalue weighted by Crippen LogP contribution is 2.09. The van der Waals surface area contributed by atoms with E-state index in [1.807, 2.05) is 13.8 Å². The number of aromatic nitrogens is 1. The van der Waals surface area contributed by atoms with Crippen molar-refractivity contribution < 1.29 is 9.50 Å². The van der Waals surface area contributed by atoms with E-state index in [0.29, 0.717) is 6.54 Å². The highest BCUT2D eigenvalue weighted by Gasteiger charge is 2.09. The van der Waals surface area contributed by atoms with Crippen LogP contribution in [0.25, 0.3) is 0 Å². The first-order valence-corrected chi connectivity index (χ1v) is 4.63. The summed E-state index contributed by atoms with van der Waals surface area (Å²) in [7, 11) is 0. The molecule has 78 valence electrons. The van der Waals surface area contributed by atoms with Crippen LogP contribution >= 0.6 is 0 Å². The molecular formula is C10H15FN2O. The zero-order valence-electron chi connectivity index (χ0n) is 8.37. The van der Waals surface area contributed by atoms with Crippen LogP contribution in [0.2, 0.25) is 0 Å². The summed E-state index contributed by atoms with van der Waals surface area (Å²) in [6.07, 6.45) is 1.02. The molecule has 0 bridgehead atoms. The van der Waals surface area contributed by atoms with Gasteiger partial charge in [0.15, 0.2) is 11.6 Å². The summed E-state index contributed by atoms with van der Waals surface area (Å²) in [4.78, 5) is 3.81. The highest BCUT2D eigenvalue weighted by atomic mass is 19.1. The molecule has 0 radical (unpaired) electrons. The normalized spacial score (nSPS) is 12.9. The average Bonchev–Trinajstić information content (AvgIpc) is 2.16. The maximum absolute atomic E-state index is 13.0. The molecule has 0 aliphatic carbocycles. The van der Waals surface area contributed by atoms with Gasteiger partial charge in [0, 0.05) is 12.7 Å². The van der Waals surface area contributed by atoms with E-state index in [9.17, 15) is 9.50 Å². The first kappa shape index (κ1) is 10.9. The molecule has 0 saturated heterocycles. The fourth-order valence-electron chi connectivity index (χ4n) is 0.953. The summed E-state index contributed by atoms with van der Waals surface area (Å²) in [6.45, 7) is 4.12. The van der Waals surface area contributed by atoms with Gasteiger partial charge in [-0.15, -0.1) is 0 Å². The molecule has 14 heavy (non-hydrogen) atoms. The summed E-state index contributed by atoms with van der Waals surface area (Å²) in [5, 5.41) is 12.2. The molecule has 0 aliphatic rings. The number of halogens is 1. The summed E-state index contributed by atoms with van der Waals surface area (Å²) in [6, 6.07) is 2.86. The SMILES string of the molecule is CC(C)C(O)CNc1ncccc1F. The maximum atomic E-state index is 13.0. The van der Waals surface area contributed by atoms with Crippen LogP contribution in [0.5, 0.6) is 0 Å². The minimum absolute atomic E-state index is 0.147. The molecule has 0 aromatic carbocycles. The van der Waals surface area contributed by atoms with Crippen molar-refractivity contribution >= 4 is 5.82 Å². The van der Waals surface area contributed by atoms with Crippen LogP contribution in [0.1, 0.15) is 13.8 Å². The minimum Gasteiger partial charge on any atom is -0.391 e. The lowest BCUT2D eigenvalue weighted by Gasteiger charge is -2.15. The van der Waals surface area contributed by atoms with Crippen molar-refractivity contribution in [2.24, 2.45) is 5.92 Å². The molecule has 4 heteroatoms. The van der Waals surface area contributed by atoms with E-state index in [1.54, 1.807) is 0 Å². The van der Waals surface area contributed by atoms with Crippen LogP contribution in [0.4, 0.5) is 10.2 Å². The van der Waals surface area contributed by atoms with Crippen LogP contribution in [0.3, 0.4) is 0 Å². The fourth-order valence-corrected chi connectivity index (χ4v) is 0.953. The summed E-state index contributed by atoms with van der Waals surface area (Å²) < 4.78 is 13.0. The zero-order chi connectivity index (χ0) is 10.6. The number of nitrogens with one attached hydrogen (secondary N) is 1. The first-order chi connectivity index (χ1) is 6.61. The molecule has 1 atom stereocenters. The van der Waals surface area contributed by atoms with Gasteiger partial charge in [-0.05, 0) is 18.1 Å². The molecule has 0 amide bonds. The van der Waals surface area contributed by atoms with Crippen molar-refractivity contribution in [3.8, 4) is 0 Å². The molecule has 0 fully saturated rings. The number of pyridine rings is 1. The second kappa shape index (κ2) is 4.91. The molecule has 1 unspecified atom stereocenters. The maximum Gasteiger partial charge on any atom is 0.165 e. The predicted molar refractivity (Wildman–Crippen MR) is 53.5 cm³/mol. The van der Waals surface area contributed by atoms with Gasteiger partial charge in [0.1, 0.15) is 0 Å². The number of nitrogens with zero attached hydrogens (tertiary/aromatic N) is 1. The molecule has 1 aromatic rings. The van der Waals surface area contributed by atoms with Crippen LogP contribution in [0.15, 0.2) is 18.3 Å². The number of aliphatic hydroxyl groups is 1. The molecule has 1 rings (SSSR count). The van der Waals surface area contributed by atoms with Crippen molar-refractivity contribution in [2.75, 3.05) is 11.9 Å². The Hall–Kier alpha value is -1.16. The Kier molecular flexibility index (Phi) is 3.83. The smallest absolute Gasteiger partial charge is 0.165 e. The molecule has 0 aliphatic heterocycles. The van der Waals surface area contributed by atoms with Gasteiger partial charge >= 0.3 is 0 Å². The van der Waals surface area contributed by atoms with Gasteiger partial charge in [-0.25, -0.2) is 9.37 Å². The average molecular weight is 198 g/mol. The number of hydrogen-bond donors (Lipinski definition) is 2. The Labute approximate surface area is 83.0 Å². The third kappa shape index (κ3) is 2.96. The molecule has 2 N–H and O–H groups in total. The molecular weight excluding hydrogens is 183 g/mol. The second-order valence-electron chi connectivity index (χ2n) is 3.53. The third-order valence-corrected chi connectivity index (χ3v) is 2.01. The second-order valence-corrected chi connectivity index (χ2v) is 3.53. The third-order valence-electron chi connectivity index (χ3n) is 2.01. The quantitative estimate of drug-likeness (QED) is 0.773. The van der Waals surface area contributed by atoms with E-state index < -0.39 is 11.9 Å². The van der Waals surface area contributed by atoms with Crippen LogP contribution in [-0.4, -0.2) is 22.7 Å². The van der Waals surface area contributed by atoms with Gasteiger partial charge < -0.3 is 10.4 Å². The van der Waals surface area contributed by atoms with Gasteiger partial charge in [-0.1, -0.05) is 13.8 Å². The number of rotatable bonds is 4. The number of anilines is 1. The van der Waals surface area contributed by atoms with Crippen molar-refractivity contribution in [1.29, 1.82) is 0 Å². The van der Waals surface area contributed by atoms with Crippen LogP contribution in [-0.2, 0) is 0 Å². The molecule has 3 nitrogen and oxygen atoms in total. The first-order valence-electron chi connectivity index (χ1n) is 4.63. The fraction of sp³-hybridized carbons (Fsp3) is 0.500. The van der Waals surface area contributed by atoms with Crippen molar-refractivity contribution in [3.05, 3.63) is 24.1 Å². The van der Waals surface area contributed by atoms with E-state index >= 15 is 0 Å². The topological polar surface area (TPSA) is 45.1 Å². The minimum atomic E-state index is -0.489. The van der Waals surface area contributed by atoms with Gasteiger partial charge in [0.2, 0.25) is 0 Å². The van der Waals surface area contributed by atoms with E-state index in [1.165, 1.54) is 18.3 Å². The van der Waals surface area contributed by atoms with Gasteiger partial charge in [-0.2, -0.15) is 0 Å².